The second-order valence-corrected chi connectivity index (χ2v) is 11.3. The number of hydrogen-bond donors (Lipinski definition) is 5. The SMILES string of the molecule is CC1CNc2c(cccc2S(=O)(=O)N[C@@H](CCCN=C(N)N)C(=O)N2CC[C@@H](C)C[C@H]2OC(=O)O)C1.O. The highest BCUT2D eigenvalue weighted by molar-refractivity contribution is 7.89. The Hall–Kier alpha value is -3.10. The summed E-state index contributed by atoms with van der Waals surface area (Å²) in [6, 6.07) is 3.92. The van der Waals surface area contributed by atoms with Gasteiger partial charge >= 0.3 is 6.16 Å². The summed E-state index contributed by atoms with van der Waals surface area (Å²) >= 11 is 0. The van der Waals surface area contributed by atoms with E-state index in [1.165, 1.54) is 11.0 Å². The number of nitrogens with one attached hydrogen (secondary N) is 2. The zero-order valence-electron chi connectivity index (χ0n) is 21.1. The van der Waals surface area contributed by atoms with Gasteiger partial charge in [0.1, 0.15) is 10.9 Å². The molecule has 0 bridgehead atoms. The number of piperidine rings is 1. The average Bonchev–Trinajstić information content (AvgIpc) is 2.79. The maximum absolute atomic E-state index is 13.6. The molecule has 208 valence electrons. The first kappa shape index (κ1) is 30.1. The van der Waals surface area contributed by atoms with Crippen LogP contribution in [-0.4, -0.2) is 73.8 Å². The van der Waals surface area contributed by atoms with Gasteiger partial charge in [-0.3, -0.25) is 9.79 Å². The van der Waals surface area contributed by atoms with Crippen molar-refractivity contribution in [2.75, 3.05) is 25.0 Å². The van der Waals surface area contributed by atoms with E-state index in [9.17, 15) is 18.0 Å². The number of fused-ring (bicyclic) bond motifs is 1. The molecule has 0 spiro atoms. The summed E-state index contributed by atoms with van der Waals surface area (Å²) in [5.41, 5.74) is 12.2. The average molecular weight is 543 g/mol. The number of amides is 1. The molecule has 4 atom stereocenters. The molecule has 1 saturated heterocycles. The van der Waals surface area contributed by atoms with Gasteiger partial charge in [-0.15, -0.1) is 0 Å². The summed E-state index contributed by atoms with van der Waals surface area (Å²) in [5.74, 6) is -0.136. The Labute approximate surface area is 217 Å². The van der Waals surface area contributed by atoms with E-state index in [0.29, 0.717) is 37.4 Å². The third kappa shape index (κ3) is 7.94. The number of likely N-dealkylation sites (tertiary alicyclic amines) is 1. The molecule has 0 radical (unpaired) electrons. The minimum absolute atomic E-state index is 0. The van der Waals surface area contributed by atoms with Gasteiger partial charge in [-0.25, -0.2) is 13.2 Å². The van der Waals surface area contributed by atoms with Crippen LogP contribution in [0.4, 0.5) is 10.5 Å². The van der Waals surface area contributed by atoms with Crippen LogP contribution in [0.25, 0.3) is 0 Å². The molecule has 2 aliphatic rings. The predicted molar refractivity (Wildman–Crippen MR) is 138 cm³/mol. The second kappa shape index (κ2) is 12.9. The molecule has 0 aromatic heterocycles. The van der Waals surface area contributed by atoms with E-state index in [0.717, 1.165) is 12.0 Å². The second-order valence-electron chi connectivity index (χ2n) is 9.60. The number of anilines is 1. The fourth-order valence-corrected chi connectivity index (χ4v) is 6.11. The Morgan fingerprint density at radius 1 is 1.30 bits per heavy atom. The number of hydrogen-bond acceptors (Lipinski definition) is 7. The highest BCUT2D eigenvalue weighted by Gasteiger charge is 2.38. The molecule has 1 aromatic carbocycles. The number of benzene rings is 1. The number of carbonyl (C=O) groups excluding carboxylic acids is 1. The molecule has 0 aliphatic carbocycles. The molecule has 1 fully saturated rings. The molecule has 0 saturated carbocycles. The Kier molecular flexibility index (Phi) is 10.5. The molecular weight excluding hydrogens is 504 g/mol. The minimum atomic E-state index is -4.11. The number of carboxylic acid groups (broad SMARTS) is 1. The number of nitrogens with two attached hydrogens (primary N) is 2. The van der Waals surface area contributed by atoms with Gasteiger partial charge in [0.2, 0.25) is 15.9 Å². The maximum atomic E-state index is 13.6. The Morgan fingerprint density at radius 3 is 2.70 bits per heavy atom. The largest absolute Gasteiger partial charge is 0.507 e. The van der Waals surface area contributed by atoms with E-state index in [-0.39, 0.29) is 41.8 Å². The molecule has 1 unspecified atom stereocenters. The molecule has 37 heavy (non-hydrogen) atoms. The quantitative estimate of drug-likeness (QED) is 0.126. The minimum Gasteiger partial charge on any atom is -0.450 e. The first-order chi connectivity index (χ1) is 17.0. The van der Waals surface area contributed by atoms with Crippen LogP contribution in [0, 0.1) is 11.8 Å². The molecule has 3 rings (SSSR count). The number of para-hydroxylation sites is 1. The van der Waals surface area contributed by atoms with Crippen LogP contribution in [0.5, 0.6) is 0 Å². The van der Waals surface area contributed by atoms with Gasteiger partial charge in [-0.1, -0.05) is 26.0 Å². The molecular formula is C23H38N6O7S. The van der Waals surface area contributed by atoms with Crippen molar-refractivity contribution < 1.29 is 33.3 Å². The van der Waals surface area contributed by atoms with Crippen LogP contribution >= 0.6 is 0 Å². The Balaban J connectivity index is 0.00000481. The van der Waals surface area contributed by atoms with Gasteiger partial charge < -0.3 is 37.0 Å². The topological polar surface area (TPSA) is 221 Å². The van der Waals surface area contributed by atoms with Crippen molar-refractivity contribution >= 4 is 33.7 Å². The van der Waals surface area contributed by atoms with Crippen molar-refractivity contribution in [2.45, 2.75) is 63.1 Å². The number of ether oxygens (including phenoxy) is 1. The third-order valence-corrected chi connectivity index (χ3v) is 7.99. The number of carbonyl (C=O) groups is 2. The van der Waals surface area contributed by atoms with Crippen molar-refractivity contribution in [3.8, 4) is 0 Å². The van der Waals surface area contributed by atoms with E-state index >= 15 is 0 Å². The lowest BCUT2D eigenvalue weighted by atomic mass is 9.96. The van der Waals surface area contributed by atoms with Gasteiger partial charge in [0, 0.05) is 26.1 Å². The van der Waals surface area contributed by atoms with Crippen molar-refractivity contribution in [1.29, 1.82) is 0 Å². The van der Waals surface area contributed by atoms with E-state index < -0.39 is 34.4 Å². The lowest BCUT2D eigenvalue weighted by Gasteiger charge is -2.38. The fourth-order valence-electron chi connectivity index (χ4n) is 4.66. The molecule has 2 heterocycles. The summed E-state index contributed by atoms with van der Waals surface area (Å²) in [5, 5.41) is 12.4. The van der Waals surface area contributed by atoms with Gasteiger partial charge in [-0.2, -0.15) is 4.72 Å². The zero-order chi connectivity index (χ0) is 26.5. The van der Waals surface area contributed by atoms with Gasteiger partial charge in [0.05, 0.1) is 5.69 Å². The summed E-state index contributed by atoms with van der Waals surface area (Å²) in [7, 11) is -4.11. The predicted octanol–water partition coefficient (Wildman–Crippen LogP) is 0.446. The zero-order valence-corrected chi connectivity index (χ0v) is 22.0. The molecule has 9 N–H and O–H groups in total. The van der Waals surface area contributed by atoms with Crippen LogP contribution in [0.15, 0.2) is 28.1 Å². The van der Waals surface area contributed by atoms with Crippen molar-refractivity contribution in [2.24, 2.45) is 28.3 Å². The standard InChI is InChI=1S/C23H36N6O6S.H2O/c1-14-8-10-29(19(12-14)35-23(31)32)21(30)17(6-4-9-26-22(24)25)28-36(33,34)18-7-3-5-16-11-15(2)13-27-20(16)18;/h3,5,7,14-15,17,19,27-28H,4,6,8-13H2,1-2H3,(H,31,32)(H4,24,25,26);1H2/t14-,15?,17+,19-;/m1./s1. The number of sulfonamides is 1. The van der Waals surface area contributed by atoms with Gasteiger partial charge in [0.15, 0.2) is 12.2 Å². The molecule has 13 nitrogen and oxygen atoms in total. The van der Waals surface area contributed by atoms with E-state index in [1.54, 1.807) is 6.07 Å². The molecule has 1 amide bonds. The first-order valence-corrected chi connectivity index (χ1v) is 13.6. The van der Waals surface area contributed by atoms with Crippen molar-refractivity contribution in [3.05, 3.63) is 23.8 Å². The van der Waals surface area contributed by atoms with Crippen molar-refractivity contribution in [3.63, 3.8) is 0 Å². The van der Waals surface area contributed by atoms with Gasteiger partial charge in [-0.05, 0) is 49.1 Å². The van der Waals surface area contributed by atoms with Gasteiger partial charge in [0.25, 0.3) is 0 Å². The number of nitrogens with zero attached hydrogens (tertiary/aromatic N) is 2. The lowest BCUT2D eigenvalue weighted by molar-refractivity contribution is -0.149. The third-order valence-electron chi connectivity index (χ3n) is 6.47. The highest BCUT2D eigenvalue weighted by atomic mass is 32.2. The van der Waals surface area contributed by atoms with E-state index in [1.807, 2.05) is 13.0 Å². The number of rotatable bonds is 9. The van der Waals surface area contributed by atoms with E-state index in [4.69, 9.17) is 21.3 Å². The van der Waals surface area contributed by atoms with E-state index in [2.05, 4.69) is 22.0 Å². The van der Waals surface area contributed by atoms with Crippen molar-refractivity contribution in [1.82, 2.24) is 9.62 Å². The summed E-state index contributed by atoms with van der Waals surface area (Å²) in [6.07, 6.45) is -0.322. The smallest absolute Gasteiger partial charge is 0.450 e. The maximum Gasteiger partial charge on any atom is 0.507 e. The number of aliphatic imine (C=N–C) groups is 1. The van der Waals surface area contributed by atoms with Crippen LogP contribution in [0.1, 0.15) is 45.1 Å². The molecule has 2 aliphatic heterocycles. The summed E-state index contributed by atoms with van der Waals surface area (Å²) < 4.78 is 34.6. The Morgan fingerprint density at radius 2 is 2.03 bits per heavy atom. The summed E-state index contributed by atoms with van der Waals surface area (Å²) in [4.78, 5) is 30.1. The molecule has 1 aromatic rings. The Bertz CT molecular complexity index is 1090. The lowest BCUT2D eigenvalue weighted by Crippen LogP contribution is -2.55. The van der Waals surface area contributed by atoms with Crippen LogP contribution in [0.2, 0.25) is 0 Å². The first-order valence-electron chi connectivity index (χ1n) is 12.1. The molecule has 14 heteroatoms. The van der Waals surface area contributed by atoms with Crippen LogP contribution < -0.4 is 21.5 Å². The van der Waals surface area contributed by atoms with Crippen LogP contribution in [-0.2, 0) is 26.0 Å². The normalized spacial score (nSPS) is 22.0. The number of guanidine groups is 1. The highest BCUT2D eigenvalue weighted by Crippen LogP contribution is 2.32. The van der Waals surface area contributed by atoms with Crippen LogP contribution in [0.3, 0.4) is 0 Å². The monoisotopic (exact) mass is 542 g/mol. The summed E-state index contributed by atoms with van der Waals surface area (Å²) in [6.45, 7) is 5.13. The fraction of sp³-hybridized carbons (Fsp3) is 0.609.